The molecule has 0 aromatic carbocycles. The zero-order valence-corrected chi connectivity index (χ0v) is 23.6. The van der Waals surface area contributed by atoms with Gasteiger partial charge in [0.15, 0.2) is 0 Å². The maximum Gasteiger partial charge on any atom is 0.0575 e. The van der Waals surface area contributed by atoms with Crippen LogP contribution in [0.25, 0.3) is 0 Å². The zero-order chi connectivity index (χ0) is 24.3. The molecule has 35 heavy (non-hydrogen) atoms. The molecular weight excluding hydrogens is 424 g/mol. The summed E-state index contributed by atoms with van der Waals surface area (Å²) in [4.78, 5) is 0. The van der Waals surface area contributed by atoms with Crippen LogP contribution in [0.1, 0.15) is 148 Å². The predicted octanol–water partition coefficient (Wildman–Crippen LogP) is 10.5. The third kappa shape index (κ3) is 8.90. The van der Waals surface area contributed by atoms with Gasteiger partial charge < -0.3 is 4.74 Å². The molecule has 0 radical (unpaired) electrons. The molecule has 0 atom stereocenters. The van der Waals surface area contributed by atoms with Gasteiger partial charge in [-0.2, -0.15) is 0 Å². The second-order valence-corrected chi connectivity index (χ2v) is 13.6. The van der Waals surface area contributed by atoms with E-state index in [9.17, 15) is 0 Å². The summed E-state index contributed by atoms with van der Waals surface area (Å²) in [6.07, 6.45) is 34.7. The average Bonchev–Trinajstić information content (AvgIpc) is 2.92. The van der Waals surface area contributed by atoms with Crippen molar-refractivity contribution in [2.24, 2.45) is 41.4 Å². The van der Waals surface area contributed by atoms with Crippen molar-refractivity contribution in [3.63, 3.8) is 0 Å². The van der Waals surface area contributed by atoms with E-state index in [1.165, 1.54) is 141 Å². The standard InChI is InChI=1S/C34H60O/c1-3-5-7-9-28-12-18-31(19-13-28)33-22-24-34(25-23-33)35-26-29-14-20-32(21-15-29)30-16-10-27(11-17-30)8-6-4-2/h4,27-34H,2-3,5-26H2,1H3. The van der Waals surface area contributed by atoms with Crippen LogP contribution >= 0.6 is 0 Å². The quantitative estimate of drug-likeness (QED) is 0.198. The van der Waals surface area contributed by atoms with E-state index in [0.29, 0.717) is 6.10 Å². The molecule has 202 valence electrons. The van der Waals surface area contributed by atoms with E-state index in [0.717, 1.165) is 48.0 Å². The van der Waals surface area contributed by atoms with E-state index in [-0.39, 0.29) is 0 Å². The normalized spacial score (nSPS) is 38.8. The lowest BCUT2D eigenvalue weighted by Crippen LogP contribution is -2.31. The van der Waals surface area contributed by atoms with Crippen LogP contribution in [-0.2, 0) is 4.74 Å². The first kappa shape index (κ1) is 27.7. The maximum absolute atomic E-state index is 6.55. The topological polar surface area (TPSA) is 9.23 Å². The Morgan fingerprint density at radius 2 is 1.03 bits per heavy atom. The molecule has 1 heteroatoms. The summed E-state index contributed by atoms with van der Waals surface area (Å²) in [6.45, 7) is 7.31. The number of allylic oxidation sites excluding steroid dienone is 1. The number of hydrogen-bond acceptors (Lipinski definition) is 1. The van der Waals surface area contributed by atoms with Crippen LogP contribution in [0.2, 0.25) is 0 Å². The molecule has 4 aliphatic carbocycles. The lowest BCUT2D eigenvalue weighted by atomic mass is 9.69. The highest BCUT2D eigenvalue weighted by Crippen LogP contribution is 2.44. The lowest BCUT2D eigenvalue weighted by Gasteiger charge is -2.39. The highest BCUT2D eigenvalue weighted by Gasteiger charge is 2.33. The number of rotatable bonds is 12. The van der Waals surface area contributed by atoms with Gasteiger partial charge in [-0.25, -0.2) is 0 Å². The number of unbranched alkanes of at least 4 members (excludes halogenated alkanes) is 2. The van der Waals surface area contributed by atoms with Crippen molar-refractivity contribution in [2.45, 2.75) is 154 Å². The zero-order valence-electron chi connectivity index (χ0n) is 23.6. The summed E-state index contributed by atoms with van der Waals surface area (Å²) in [6, 6.07) is 0. The lowest BCUT2D eigenvalue weighted by molar-refractivity contribution is -0.0193. The highest BCUT2D eigenvalue weighted by atomic mass is 16.5. The van der Waals surface area contributed by atoms with Crippen LogP contribution in [-0.4, -0.2) is 12.7 Å². The molecule has 0 amide bonds. The van der Waals surface area contributed by atoms with Crippen molar-refractivity contribution in [3.8, 4) is 0 Å². The minimum absolute atomic E-state index is 0.584. The monoisotopic (exact) mass is 484 g/mol. The van der Waals surface area contributed by atoms with Gasteiger partial charge in [0, 0.05) is 6.61 Å². The smallest absolute Gasteiger partial charge is 0.0575 e. The Morgan fingerprint density at radius 1 is 0.571 bits per heavy atom. The fourth-order valence-corrected chi connectivity index (χ4v) is 8.76. The molecule has 4 fully saturated rings. The van der Waals surface area contributed by atoms with Gasteiger partial charge in [0.2, 0.25) is 0 Å². The van der Waals surface area contributed by atoms with Crippen LogP contribution in [0.15, 0.2) is 12.7 Å². The summed E-state index contributed by atoms with van der Waals surface area (Å²) in [5.41, 5.74) is 0. The molecule has 0 aromatic rings. The van der Waals surface area contributed by atoms with Crippen LogP contribution in [0.5, 0.6) is 0 Å². The molecule has 0 saturated heterocycles. The van der Waals surface area contributed by atoms with Gasteiger partial charge in [0.25, 0.3) is 0 Å². The first-order valence-corrected chi connectivity index (χ1v) is 16.5. The summed E-state index contributed by atoms with van der Waals surface area (Å²) in [7, 11) is 0. The van der Waals surface area contributed by atoms with Crippen molar-refractivity contribution in [2.75, 3.05) is 6.61 Å². The second-order valence-electron chi connectivity index (χ2n) is 13.6. The third-order valence-corrected chi connectivity index (χ3v) is 11.3. The molecule has 0 aliphatic heterocycles. The maximum atomic E-state index is 6.55. The molecule has 0 heterocycles. The van der Waals surface area contributed by atoms with Crippen LogP contribution < -0.4 is 0 Å². The van der Waals surface area contributed by atoms with Gasteiger partial charge in [0.05, 0.1) is 6.10 Å². The minimum atomic E-state index is 0.584. The molecule has 0 bridgehead atoms. The average molecular weight is 485 g/mol. The van der Waals surface area contributed by atoms with Gasteiger partial charge >= 0.3 is 0 Å². The highest BCUT2D eigenvalue weighted by molar-refractivity contribution is 4.85. The summed E-state index contributed by atoms with van der Waals surface area (Å²) >= 11 is 0. The van der Waals surface area contributed by atoms with Crippen molar-refractivity contribution in [3.05, 3.63) is 12.7 Å². The fourth-order valence-electron chi connectivity index (χ4n) is 8.76. The van der Waals surface area contributed by atoms with E-state index < -0.39 is 0 Å². The molecule has 0 unspecified atom stereocenters. The Bertz CT molecular complexity index is 551. The van der Waals surface area contributed by atoms with E-state index >= 15 is 0 Å². The van der Waals surface area contributed by atoms with Crippen LogP contribution in [0.4, 0.5) is 0 Å². The molecule has 4 aliphatic rings. The number of hydrogen-bond donors (Lipinski definition) is 0. The van der Waals surface area contributed by atoms with Gasteiger partial charge in [-0.3, -0.25) is 0 Å². The Morgan fingerprint density at radius 3 is 1.51 bits per heavy atom. The Balaban J connectivity index is 1.04. The molecular formula is C34H60O. The van der Waals surface area contributed by atoms with Gasteiger partial charge in [-0.05, 0) is 131 Å². The van der Waals surface area contributed by atoms with Crippen molar-refractivity contribution < 1.29 is 4.74 Å². The fraction of sp³-hybridized carbons (Fsp3) is 0.941. The van der Waals surface area contributed by atoms with E-state index in [1.807, 2.05) is 0 Å². The van der Waals surface area contributed by atoms with Crippen molar-refractivity contribution >= 4 is 0 Å². The summed E-state index contributed by atoms with van der Waals surface area (Å²) in [5.74, 6) is 7.05. The molecule has 0 aromatic heterocycles. The Labute approximate surface area is 219 Å². The molecule has 0 N–H and O–H groups in total. The van der Waals surface area contributed by atoms with E-state index in [2.05, 4.69) is 19.6 Å². The van der Waals surface area contributed by atoms with Gasteiger partial charge in [-0.15, -0.1) is 6.58 Å². The Kier molecular flexibility index (Phi) is 12.0. The second kappa shape index (κ2) is 15.2. The van der Waals surface area contributed by atoms with Gasteiger partial charge in [-0.1, -0.05) is 64.4 Å². The first-order chi connectivity index (χ1) is 17.2. The SMILES string of the molecule is C=CCCC1CCC(C2CCC(COC3CCC(C4CCC(CCCCC)CC4)CC3)CC2)CC1. The van der Waals surface area contributed by atoms with E-state index in [1.54, 1.807) is 0 Å². The van der Waals surface area contributed by atoms with E-state index in [4.69, 9.17) is 4.74 Å². The summed E-state index contributed by atoms with van der Waals surface area (Å²) < 4.78 is 6.55. The molecule has 4 rings (SSSR count). The van der Waals surface area contributed by atoms with Crippen molar-refractivity contribution in [1.82, 2.24) is 0 Å². The Hall–Kier alpha value is -0.300. The van der Waals surface area contributed by atoms with Crippen molar-refractivity contribution in [1.29, 1.82) is 0 Å². The van der Waals surface area contributed by atoms with Crippen LogP contribution in [0, 0.1) is 41.4 Å². The summed E-state index contributed by atoms with van der Waals surface area (Å²) in [5, 5.41) is 0. The number of ether oxygens (including phenoxy) is 1. The molecule has 4 saturated carbocycles. The van der Waals surface area contributed by atoms with Crippen LogP contribution in [0.3, 0.4) is 0 Å². The van der Waals surface area contributed by atoms with Gasteiger partial charge in [0.1, 0.15) is 0 Å². The predicted molar refractivity (Wildman–Crippen MR) is 152 cm³/mol. The molecule has 1 nitrogen and oxygen atoms in total. The third-order valence-electron chi connectivity index (χ3n) is 11.3. The largest absolute Gasteiger partial charge is 0.378 e. The minimum Gasteiger partial charge on any atom is -0.378 e. The molecule has 0 spiro atoms. The first-order valence-electron chi connectivity index (χ1n) is 16.5.